The van der Waals surface area contributed by atoms with Crippen molar-refractivity contribution < 1.29 is 9.13 Å². The van der Waals surface area contributed by atoms with Gasteiger partial charge < -0.3 is 19.9 Å². The lowest BCUT2D eigenvalue weighted by Gasteiger charge is -2.17. The number of ether oxygens (including phenoxy) is 1. The molecule has 7 nitrogen and oxygen atoms in total. The van der Waals surface area contributed by atoms with Crippen LogP contribution in [-0.2, 0) is 6.54 Å². The normalized spacial score (nSPS) is 12.6. The zero-order valence-electron chi connectivity index (χ0n) is 16.1. The summed E-state index contributed by atoms with van der Waals surface area (Å²) in [5.41, 5.74) is 0. The van der Waals surface area contributed by atoms with Gasteiger partial charge in [0.1, 0.15) is 18.8 Å². The number of hydrogen-bond acceptors (Lipinski definition) is 4. The first-order chi connectivity index (χ1) is 13.2. The van der Waals surface area contributed by atoms with E-state index in [0.29, 0.717) is 6.54 Å². The van der Waals surface area contributed by atoms with Crippen LogP contribution in [-0.4, -0.2) is 46.5 Å². The van der Waals surface area contributed by atoms with E-state index in [2.05, 4.69) is 25.8 Å². The molecule has 0 radical (unpaired) electrons. The molecule has 0 saturated carbocycles. The minimum Gasteiger partial charge on any atom is -0.485 e. The van der Waals surface area contributed by atoms with Crippen LogP contribution >= 0.6 is 0 Å². The summed E-state index contributed by atoms with van der Waals surface area (Å²) >= 11 is 0. The standard InChI is InChI=1S/C19H29FN6O/c1-3-16(27-18-10-6-5-9-17(18)20)13-23-19(21-4-2)22-11-7-8-12-26-14-24-25-15-26/h5-6,9-10,14-16H,3-4,7-8,11-13H2,1-2H3,(H2,21,22,23). The fraction of sp³-hybridized carbons (Fsp3) is 0.526. The van der Waals surface area contributed by atoms with E-state index in [0.717, 1.165) is 44.9 Å². The van der Waals surface area contributed by atoms with Crippen LogP contribution in [0.15, 0.2) is 41.9 Å². The zero-order chi connectivity index (χ0) is 19.3. The lowest BCUT2D eigenvalue weighted by Crippen LogP contribution is -2.38. The van der Waals surface area contributed by atoms with Gasteiger partial charge in [0.05, 0.1) is 6.54 Å². The molecule has 1 aromatic carbocycles. The van der Waals surface area contributed by atoms with Crippen LogP contribution in [0.5, 0.6) is 5.75 Å². The molecule has 0 aliphatic carbocycles. The number of nitrogens with one attached hydrogen (secondary N) is 2. The summed E-state index contributed by atoms with van der Waals surface area (Å²) in [5, 5.41) is 14.1. The van der Waals surface area contributed by atoms with E-state index in [9.17, 15) is 4.39 Å². The maximum atomic E-state index is 13.8. The SMILES string of the molecule is CCNC(=NCC(CC)Oc1ccccc1F)NCCCCn1cnnc1. The number of aromatic nitrogens is 3. The third-order valence-corrected chi connectivity index (χ3v) is 3.98. The molecule has 1 atom stereocenters. The summed E-state index contributed by atoms with van der Waals surface area (Å²) in [6.07, 6.45) is 6.05. The van der Waals surface area contributed by atoms with Crippen molar-refractivity contribution in [3.8, 4) is 5.75 Å². The Labute approximate surface area is 160 Å². The molecule has 0 fully saturated rings. The van der Waals surface area contributed by atoms with Crippen LogP contribution in [0.25, 0.3) is 0 Å². The van der Waals surface area contributed by atoms with Crippen LogP contribution in [0.1, 0.15) is 33.1 Å². The van der Waals surface area contributed by atoms with Crippen LogP contribution in [0.4, 0.5) is 4.39 Å². The predicted octanol–water partition coefficient (Wildman–Crippen LogP) is 2.61. The second-order valence-corrected chi connectivity index (χ2v) is 6.13. The smallest absolute Gasteiger partial charge is 0.191 e. The first-order valence-electron chi connectivity index (χ1n) is 9.48. The van der Waals surface area contributed by atoms with E-state index < -0.39 is 0 Å². The lowest BCUT2D eigenvalue weighted by atomic mass is 10.2. The van der Waals surface area contributed by atoms with Crippen molar-refractivity contribution in [3.05, 3.63) is 42.7 Å². The lowest BCUT2D eigenvalue weighted by molar-refractivity contribution is 0.196. The van der Waals surface area contributed by atoms with Crippen molar-refractivity contribution in [3.63, 3.8) is 0 Å². The number of rotatable bonds is 11. The number of hydrogen-bond donors (Lipinski definition) is 2. The monoisotopic (exact) mass is 376 g/mol. The summed E-state index contributed by atoms with van der Waals surface area (Å²) in [4.78, 5) is 4.58. The highest BCUT2D eigenvalue weighted by atomic mass is 19.1. The first-order valence-corrected chi connectivity index (χ1v) is 9.48. The maximum Gasteiger partial charge on any atom is 0.191 e. The van der Waals surface area contributed by atoms with E-state index in [1.807, 2.05) is 18.4 Å². The van der Waals surface area contributed by atoms with Gasteiger partial charge >= 0.3 is 0 Å². The van der Waals surface area contributed by atoms with Gasteiger partial charge in [-0.15, -0.1) is 10.2 Å². The minimum atomic E-state index is -0.349. The highest BCUT2D eigenvalue weighted by Gasteiger charge is 2.11. The summed E-state index contributed by atoms with van der Waals surface area (Å²) in [6.45, 7) is 6.98. The third kappa shape index (κ3) is 7.64. The molecule has 1 heterocycles. The average Bonchev–Trinajstić information content (AvgIpc) is 3.19. The van der Waals surface area contributed by atoms with Gasteiger partial charge in [0, 0.05) is 19.6 Å². The molecule has 0 amide bonds. The predicted molar refractivity (Wildman–Crippen MR) is 104 cm³/mol. The Morgan fingerprint density at radius 3 is 2.67 bits per heavy atom. The molecule has 0 spiro atoms. The Hall–Kier alpha value is -2.64. The number of guanidine groups is 1. The van der Waals surface area contributed by atoms with Gasteiger partial charge in [-0.2, -0.15) is 0 Å². The Balaban J connectivity index is 1.77. The van der Waals surface area contributed by atoms with Crippen molar-refractivity contribution in [2.45, 2.75) is 45.8 Å². The van der Waals surface area contributed by atoms with Gasteiger partial charge in [-0.3, -0.25) is 0 Å². The highest BCUT2D eigenvalue weighted by molar-refractivity contribution is 5.79. The molecular weight excluding hydrogens is 347 g/mol. The van der Waals surface area contributed by atoms with E-state index in [4.69, 9.17) is 4.74 Å². The fourth-order valence-electron chi connectivity index (χ4n) is 2.47. The van der Waals surface area contributed by atoms with Crippen molar-refractivity contribution >= 4 is 5.96 Å². The van der Waals surface area contributed by atoms with E-state index in [-0.39, 0.29) is 17.7 Å². The van der Waals surface area contributed by atoms with E-state index in [1.54, 1.807) is 30.9 Å². The summed E-state index contributed by atoms with van der Waals surface area (Å²) in [5.74, 6) is 0.668. The Kier molecular flexibility index (Phi) is 9.09. The molecule has 0 aliphatic heterocycles. The zero-order valence-corrected chi connectivity index (χ0v) is 16.1. The molecule has 1 unspecified atom stereocenters. The second kappa shape index (κ2) is 11.9. The van der Waals surface area contributed by atoms with Crippen molar-refractivity contribution in [1.82, 2.24) is 25.4 Å². The van der Waals surface area contributed by atoms with Gasteiger partial charge in [-0.05, 0) is 38.3 Å². The van der Waals surface area contributed by atoms with Crippen molar-refractivity contribution in [1.29, 1.82) is 0 Å². The van der Waals surface area contributed by atoms with E-state index >= 15 is 0 Å². The molecule has 8 heteroatoms. The highest BCUT2D eigenvalue weighted by Crippen LogP contribution is 2.18. The molecule has 2 rings (SSSR count). The number of unbranched alkanes of at least 4 members (excludes halogenated alkanes) is 1. The molecule has 1 aromatic heterocycles. The van der Waals surface area contributed by atoms with Crippen LogP contribution in [0, 0.1) is 5.82 Å². The van der Waals surface area contributed by atoms with Crippen molar-refractivity contribution in [2.75, 3.05) is 19.6 Å². The second-order valence-electron chi connectivity index (χ2n) is 6.13. The topological polar surface area (TPSA) is 76.4 Å². The van der Waals surface area contributed by atoms with Gasteiger partial charge in [0.15, 0.2) is 17.5 Å². The number of aryl methyl sites for hydroxylation is 1. The van der Waals surface area contributed by atoms with Crippen molar-refractivity contribution in [2.24, 2.45) is 4.99 Å². The summed E-state index contributed by atoms with van der Waals surface area (Å²) in [6, 6.07) is 6.45. The van der Waals surface area contributed by atoms with E-state index in [1.165, 1.54) is 6.07 Å². The Bertz CT molecular complexity index is 677. The average molecular weight is 376 g/mol. The molecule has 148 valence electrons. The number of nitrogens with zero attached hydrogens (tertiary/aromatic N) is 4. The number of aliphatic imine (C=N–C) groups is 1. The number of benzene rings is 1. The quantitative estimate of drug-likeness (QED) is 0.358. The van der Waals surface area contributed by atoms with Crippen LogP contribution in [0.3, 0.4) is 0 Å². The molecule has 0 aliphatic rings. The molecule has 2 N–H and O–H groups in total. The minimum absolute atomic E-state index is 0.175. The van der Waals surface area contributed by atoms with Gasteiger partial charge in [-0.1, -0.05) is 19.1 Å². The van der Waals surface area contributed by atoms with Crippen LogP contribution in [0.2, 0.25) is 0 Å². The number of halogens is 1. The first kappa shape index (κ1) is 20.7. The largest absolute Gasteiger partial charge is 0.485 e. The molecule has 2 aromatic rings. The van der Waals surface area contributed by atoms with Gasteiger partial charge in [0.25, 0.3) is 0 Å². The summed E-state index contributed by atoms with van der Waals surface area (Å²) < 4.78 is 21.5. The molecule has 27 heavy (non-hydrogen) atoms. The third-order valence-electron chi connectivity index (χ3n) is 3.98. The summed E-state index contributed by atoms with van der Waals surface area (Å²) in [7, 11) is 0. The maximum absolute atomic E-state index is 13.8. The Morgan fingerprint density at radius 2 is 1.96 bits per heavy atom. The van der Waals surface area contributed by atoms with Gasteiger partial charge in [0.2, 0.25) is 0 Å². The molecular formula is C19H29FN6O. The van der Waals surface area contributed by atoms with Crippen LogP contribution < -0.4 is 15.4 Å². The molecule has 0 saturated heterocycles. The number of para-hydroxylation sites is 1. The molecule has 0 bridgehead atoms. The Morgan fingerprint density at radius 1 is 1.19 bits per heavy atom. The fourth-order valence-corrected chi connectivity index (χ4v) is 2.47. The van der Waals surface area contributed by atoms with Gasteiger partial charge in [-0.25, -0.2) is 9.38 Å².